The Balaban J connectivity index is 0.000000156. The van der Waals surface area contributed by atoms with E-state index in [2.05, 4.69) is 290 Å². The number of aromatic nitrogens is 12. The lowest BCUT2D eigenvalue weighted by Crippen LogP contribution is -2.00. The molecule has 600 valence electrons. The van der Waals surface area contributed by atoms with Gasteiger partial charge in [-0.3, -0.25) is 19.9 Å². The maximum Gasteiger partial charge on any atom is 0.164 e. The molecule has 0 aliphatic carbocycles. The summed E-state index contributed by atoms with van der Waals surface area (Å²) in [6, 6.07) is 150. The molecule has 14 aromatic carbocycles. The predicted octanol–water partition coefficient (Wildman–Crippen LogP) is 28.4. The quantitative estimate of drug-likeness (QED) is 0.0803. The summed E-state index contributed by atoms with van der Waals surface area (Å²) in [5.41, 5.74) is 29.5. The Morgan fingerprint density at radius 1 is 0.133 bits per heavy atom. The van der Waals surface area contributed by atoms with Gasteiger partial charge in [-0.2, -0.15) is 0 Å². The summed E-state index contributed by atoms with van der Waals surface area (Å²) < 4.78 is 0. The molecule has 0 aliphatic rings. The van der Waals surface area contributed by atoms with Gasteiger partial charge in [0.2, 0.25) is 0 Å². The van der Waals surface area contributed by atoms with Crippen molar-refractivity contribution in [3.05, 3.63) is 462 Å². The van der Waals surface area contributed by atoms with E-state index in [1.165, 1.54) is 10.8 Å². The SMILES string of the molecule is c1ccc(-c2cc(-c3ccccc3)cc(-c3cc(-c4ccccn4)nc(-c4ccc(-c5ccc(-c6ccc(-c7nc(-c8ccccc8)nc(-c8ccccc8)n7)cc6)cc5)cn4)c3)c2)cc1.c1ccc(-c2nc(-c3ccccc3)nc(-c3ccc(-c4ccc(-c5ccc(-c6cc(-c7cccc8ccccc78)cc(-c7nccc8ccccc78)n6)nc5)cc4)cc3)n2)cc1. The van der Waals surface area contributed by atoms with Crippen molar-refractivity contribution < 1.29 is 0 Å². The van der Waals surface area contributed by atoms with Crippen LogP contribution in [-0.2, 0) is 0 Å². The Morgan fingerprint density at radius 2 is 0.414 bits per heavy atom. The molecule has 0 bridgehead atoms. The van der Waals surface area contributed by atoms with Crippen LogP contribution in [0.15, 0.2) is 462 Å². The molecule has 0 spiro atoms. The zero-order valence-electron chi connectivity index (χ0n) is 69.2. The molecule has 0 atom stereocenters. The second-order valence-electron chi connectivity index (χ2n) is 31.2. The van der Waals surface area contributed by atoms with Gasteiger partial charge in [-0.1, -0.05) is 364 Å². The van der Waals surface area contributed by atoms with Crippen molar-refractivity contribution in [3.8, 4) is 203 Å². The lowest BCUT2D eigenvalue weighted by atomic mass is 9.93. The van der Waals surface area contributed by atoms with Gasteiger partial charge in [-0.05, 0) is 167 Å². The normalized spacial score (nSPS) is 11.1. The van der Waals surface area contributed by atoms with Crippen molar-refractivity contribution in [2.75, 3.05) is 0 Å². The summed E-state index contributed by atoms with van der Waals surface area (Å²) in [6.45, 7) is 0. The minimum absolute atomic E-state index is 0.630. The van der Waals surface area contributed by atoms with E-state index in [1.54, 1.807) is 6.20 Å². The lowest BCUT2D eigenvalue weighted by Gasteiger charge is -2.14. The van der Waals surface area contributed by atoms with Crippen molar-refractivity contribution >= 4 is 21.5 Å². The first kappa shape index (κ1) is 77.8. The van der Waals surface area contributed by atoms with Crippen LogP contribution in [0.25, 0.3) is 224 Å². The van der Waals surface area contributed by atoms with E-state index in [1.807, 2.05) is 170 Å². The van der Waals surface area contributed by atoms with Crippen LogP contribution in [0.3, 0.4) is 0 Å². The minimum Gasteiger partial charge on any atom is -0.255 e. The van der Waals surface area contributed by atoms with Crippen LogP contribution in [0, 0.1) is 0 Å². The largest absolute Gasteiger partial charge is 0.255 e. The Hall–Kier alpha value is -17.5. The molecule has 0 saturated heterocycles. The topological polar surface area (TPSA) is 155 Å². The Labute approximate surface area is 741 Å². The average molecular weight is 1640 g/mol. The van der Waals surface area contributed by atoms with Crippen molar-refractivity contribution in [3.63, 3.8) is 0 Å². The molecule has 0 fully saturated rings. The van der Waals surface area contributed by atoms with Crippen LogP contribution in [0.5, 0.6) is 0 Å². The Bertz CT molecular complexity index is 7420. The number of hydrogen-bond donors (Lipinski definition) is 0. The van der Waals surface area contributed by atoms with E-state index >= 15 is 0 Å². The standard InChI is InChI=1S/C60H40N6.C56H36N6/c1-5-15-41(16-6-1)50-35-51(42-17-7-2-8-18-42)37-52(36-50)53-38-56(54-23-13-14-34-61-54)63-57(39-53)55-33-32-49(40-62-55)45-26-24-43(25-27-45)44-28-30-48(31-29-44)60-65-58(46-19-9-3-10-20-46)64-59(66-60)47-21-11-4-12-22-47;1-3-14-42(15-4-1)54-60-55(43-16-5-2-6-17-43)62-56(61-54)44-28-26-38(27-29-44)37-22-24-39(25-23-37)45-30-31-50(58-36-45)51-34-46(48-21-11-18-40-12-7-9-19-47(40)48)35-52(59-51)53-49-20-10-8-13-41(49)32-33-57-53/h1-40H;1-36H. The maximum absolute atomic E-state index is 5.20. The van der Waals surface area contributed by atoms with Crippen LogP contribution in [0.4, 0.5) is 0 Å². The molecular weight excluding hydrogens is 1560 g/mol. The molecular formula is C116H76N12. The number of benzene rings is 14. The average Bonchev–Trinajstić information content (AvgIpc) is 0.771. The van der Waals surface area contributed by atoms with E-state index in [4.69, 9.17) is 54.8 Å². The van der Waals surface area contributed by atoms with Crippen molar-refractivity contribution in [2.45, 2.75) is 0 Å². The van der Waals surface area contributed by atoms with Gasteiger partial charge in [0, 0.05) is 74.7 Å². The first-order valence-electron chi connectivity index (χ1n) is 42.5. The molecule has 22 aromatic rings. The molecule has 8 aromatic heterocycles. The highest BCUT2D eigenvalue weighted by Gasteiger charge is 2.21. The van der Waals surface area contributed by atoms with Crippen LogP contribution in [-0.4, -0.2) is 59.8 Å². The molecule has 0 saturated carbocycles. The summed E-state index contributed by atoms with van der Waals surface area (Å²) in [4.78, 5) is 59.1. The molecule has 12 heteroatoms. The van der Waals surface area contributed by atoms with E-state index in [0.717, 1.165) is 179 Å². The molecule has 22 rings (SSSR count). The second-order valence-corrected chi connectivity index (χ2v) is 31.2. The van der Waals surface area contributed by atoms with Crippen molar-refractivity contribution in [2.24, 2.45) is 0 Å². The number of nitrogens with zero attached hydrogens (tertiary/aromatic N) is 12. The number of hydrogen-bond acceptors (Lipinski definition) is 12. The molecule has 128 heavy (non-hydrogen) atoms. The smallest absolute Gasteiger partial charge is 0.164 e. The van der Waals surface area contributed by atoms with Crippen molar-refractivity contribution in [1.82, 2.24) is 59.8 Å². The van der Waals surface area contributed by atoms with Gasteiger partial charge >= 0.3 is 0 Å². The highest BCUT2D eigenvalue weighted by atomic mass is 15.0. The fraction of sp³-hybridized carbons (Fsp3) is 0. The van der Waals surface area contributed by atoms with E-state index in [0.29, 0.717) is 34.9 Å². The molecule has 8 heterocycles. The van der Waals surface area contributed by atoms with Gasteiger partial charge < -0.3 is 0 Å². The fourth-order valence-electron chi connectivity index (χ4n) is 16.2. The zero-order valence-corrected chi connectivity index (χ0v) is 69.2. The molecule has 0 aliphatic heterocycles. The molecule has 12 nitrogen and oxygen atoms in total. The van der Waals surface area contributed by atoms with Crippen LogP contribution in [0.2, 0.25) is 0 Å². The summed E-state index contributed by atoms with van der Waals surface area (Å²) in [5.74, 6) is 3.83. The summed E-state index contributed by atoms with van der Waals surface area (Å²) in [6.07, 6.45) is 7.53. The maximum atomic E-state index is 5.20. The lowest BCUT2D eigenvalue weighted by molar-refractivity contribution is 1.07. The first-order chi connectivity index (χ1) is 63.4. The highest BCUT2D eigenvalue weighted by molar-refractivity contribution is 6.00. The Kier molecular flexibility index (Phi) is 21.6. The summed E-state index contributed by atoms with van der Waals surface area (Å²) in [7, 11) is 0. The molecule has 0 radical (unpaired) electrons. The van der Waals surface area contributed by atoms with Gasteiger partial charge in [-0.15, -0.1) is 0 Å². The third-order valence-corrected chi connectivity index (χ3v) is 22.9. The fourth-order valence-corrected chi connectivity index (χ4v) is 16.2. The van der Waals surface area contributed by atoms with E-state index in [9.17, 15) is 0 Å². The summed E-state index contributed by atoms with van der Waals surface area (Å²) in [5, 5.41) is 4.55. The minimum atomic E-state index is 0.630. The zero-order chi connectivity index (χ0) is 85.3. The van der Waals surface area contributed by atoms with Gasteiger partial charge in [0.15, 0.2) is 34.9 Å². The number of pyridine rings is 6. The second kappa shape index (κ2) is 35.5. The highest BCUT2D eigenvalue weighted by Crippen LogP contribution is 2.41. The Morgan fingerprint density at radius 3 is 0.805 bits per heavy atom. The van der Waals surface area contributed by atoms with Gasteiger partial charge in [0.1, 0.15) is 0 Å². The number of fused-ring (bicyclic) bond motifs is 2. The molecule has 0 N–H and O–H groups in total. The van der Waals surface area contributed by atoms with Gasteiger partial charge in [-0.25, -0.2) is 39.9 Å². The monoisotopic (exact) mass is 1640 g/mol. The molecule has 0 unspecified atom stereocenters. The van der Waals surface area contributed by atoms with Crippen LogP contribution in [0.1, 0.15) is 0 Å². The van der Waals surface area contributed by atoms with E-state index < -0.39 is 0 Å². The van der Waals surface area contributed by atoms with Gasteiger partial charge in [0.25, 0.3) is 0 Å². The van der Waals surface area contributed by atoms with Gasteiger partial charge in [0.05, 0.1) is 45.6 Å². The third kappa shape index (κ3) is 16.9. The number of rotatable bonds is 18. The predicted molar refractivity (Wildman–Crippen MR) is 519 cm³/mol. The summed E-state index contributed by atoms with van der Waals surface area (Å²) >= 11 is 0. The van der Waals surface area contributed by atoms with Crippen LogP contribution >= 0.6 is 0 Å². The third-order valence-electron chi connectivity index (χ3n) is 22.9. The first-order valence-corrected chi connectivity index (χ1v) is 42.5. The van der Waals surface area contributed by atoms with Crippen molar-refractivity contribution in [1.29, 1.82) is 0 Å². The molecule has 0 amide bonds. The van der Waals surface area contributed by atoms with Crippen LogP contribution < -0.4 is 0 Å². The van der Waals surface area contributed by atoms with E-state index in [-0.39, 0.29) is 0 Å².